The summed E-state index contributed by atoms with van der Waals surface area (Å²) in [5.74, 6) is 1.58. The van der Waals surface area contributed by atoms with E-state index in [0.29, 0.717) is 12.5 Å². The minimum Gasteiger partial charge on any atom is -0.444 e. The number of benzene rings is 1. The molecule has 160 valence electrons. The van der Waals surface area contributed by atoms with Gasteiger partial charge in [-0.1, -0.05) is 31.2 Å². The Hall–Kier alpha value is -2.83. The van der Waals surface area contributed by atoms with Crippen molar-refractivity contribution in [2.75, 3.05) is 30.8 Å². The van der Waals surface area contributed by atoms with Gasteiger partial charge < -0.3 is 20.3 Å². The van der Waals surface area contributed by atoms with Gasteiger partial charge >= 0.3 is 6.09 Å². The highest BCUT2D eigenvalue weighted by Gasteiger charge is 2.34. The van der Waals surface area contributed by atoms with Crippen LogP contribution in [0, 0.1) is 0 Å². The number of aromatic nitrogens is 2. The zero-order valence-corrected chi connectivity index (χ0v) is 18.5. The topological polar surface area (TPSA) is 84.6 Å². The van der Waals surface area contributed by atoms with E-state index in [1.54, 1.807) is 4.90 Å². The Morgan fingerprint density at radius 3 is 2.73 bits per heavy atom. The largest absolute Gasteiger partial charge is 0.444 e. The first kappa shape index (κ1) is 20.4. The van der Waals surface area contributed by atoms with E-state index in [1.807, 2.05) is 33.9 Å². The monoisotopic (exact) mass is 409 g/mol. The van der Waals surface area contributed by atoms with Gasteiger partial charge in [-0.2, -0.15) is 4.98 Å². The lowest BCUT2D eigenvalue weighted by Crippen LogP contribution is -2.42. The molecule has 30 heavy (non-hydrogen) atoms. The normalized spacial score (nSPS) is 20.5. The third-order valence-corrected chi connectivity index (χ3v) is 5.95. The van der Waals surface area contributed by atoms with E-state index < -0.39 is 5.60 Å². The van der Waals surface area contributed by atoms with Crippen molar-refractivity contribution in [2.45, 2.75) is 58.1 Å². The van der Waals surface area contributed by atoms with Crippen LogP contribution < -0.4 is 10.6 Å². The fourth-order valence-corrected chi connectivity index (χ4v) is 4.45. The summed E-state index contributed by atoms with van der Waals surface area (Å²) in [4.78, 5) is 25.7. The van der Waals surface area contributed by atoms with Crippen LogP contribution in [0.1, 0.15) is 51.2 Å². The molecule has 2 N–H and O–H groups in total. The van der Waals surface area contributed by atoms with E-state index in [1.165, 1.54) is 5.56 Å². The van der Waals surface area contributed by atoms with Crippen molar-refractivity contribution in [3.8, 4) is 11.3 Å². The lowest BCUT2D eigenvalue weighted by atomic mass is 9.82. The molecule has 0 spiro atoms. The van der Waals surface area contributed by atoms with Gasteiger partial charge in [0.2, 0.25) is 5.95 Å². The van der Waals surface area contributed by atoms with Crippen molar-refractivity contribution in [3.63, 3.8) is 0 Å². The number of carbonyl (C=O) groups excluding carboxylic acids is 1. The van der Waals surface area contributed by atoms with E-state index in [0.717, 1.165) is 42.0 Å². The molecule has 2 atom stereocenters. The summed E-state index contributed by atoms with van der Waals surface area (Å²) in [6.07, 6.45) is 1.45. The second-order valence-corrected chi connectivity index (χ2v) is 9.40. The molecule has 1 aliphatic heterocycles. The molecule has 0 saturated carbocycles. The van der Waals surface area contributed by atoms with Crippen LogP contribution in [-0.2, 0) is 11.2 Å². The fourth-order valence-electron chi connectivity index (χ4n) is 4.45. The summed E-state index contributed by atoms with van der Waals surface area (Å²) in [6, 6.07) is 8.47. The maximum Gasteiger partial charge on any atom is 0.410 e. The molecule has 1 aromatic carbocycles. The Kier molecular flexibility index (Phi) is 5.08. The highest BCUT2D eigenvalue weighted by atomic mass is 16.6. The Bertz CT molecular complexity index is 969. The van der Waals surface area contributed by atoms with Crippen molar-refractivity contribution in [1.82, 2.24) is 14.9 Å². The molecule has 1 amide bonds. The number of nitrogens with zero attached hydrogens (tertiary/aromatic N) is 4. The first-order chi connectivity index (χ1) is 14.1. The van der Waals surface area contributed by atoms with Gasteiger partial charge in [-0.05, 0) is 45.1 Å². The number of anilines is 2. The summed E-state index contributed by atoms with van der Waals surface area (Å²) in [5, 5.41) is 0. The van der Waals surface area contributed by atoms with Gasteiger partial charge in [-0.25, -0.2) is 9.78 Å². The lowest BCUT2D eigenvalue weighted by Gasteiger charge is -2.30. The molecule has 4 rings (SSSR count). The summed E-state index contributed by atoms with van der Waals surface area (Å²) in [6.45, 7) is 9.41. The van der Waals surface area contributed by atoms with Gasteiger partial charge in [0.15, 0.2) is 0 Å². The molecule has 2 aliphatic rings. The van der Waals surface area contributed by atoms with Crippen LogP contribution in [0.4, 0.5) is 16.6 Å². The summed E-state index contributed by atoms with van der Waals surface area (Å²) in [5.41, 5.74) is 10.1. The zero-order chi connectivity index (χ0) is 21.6. The molecule has 2 heterocycles. The van der Waals surface area contributed by atoms with Crippen molar-refractivity contribution in [1.29, 1.82) is 0 Å². The van der Waals surface area contributed by atoms with E-state index >= 15 is 0 Å². The van der Waals surface area contributed by atoms with Gasteiger partial charge in [-0.3, -0.25) is 0 Å². The molecule has 1 saturated heterocycles. The zero-order valence-electron chi connectivity index (χ0n) is 18.5. The minimum absolute atomic E-state index is 0.0694. The van der Waals surface area contributed by atoms with E-state index in [2.05, 4.69) is 40.0 Å². The average Bonchev–Trinajstić information content (AvgIpc) is 3.16. The molecule has 0 bridgehead atoms. The molecule has 2 aromatic rings. The number of nitrogens with two attached hydrogens (primary N) is 1. The molecular weight excluding hydrogens is 378 g/mol. The SMILES string of the molecule is CC1Cc2c(nc(N)nc2N2CCC(N(C)C(=O)OC(C)(C)C)C2)-c2ccccc21. The van der Waals surface area contributed by atoms with E-state index in [4.69, 9.17) is 10.5 Å². The van der Waals surface area contributed by atoms with Gasteiger partial charge in [0.05, 0.1) is 11.7 Å². The molecule has 7 nitrogen and oxygen atoms in total. The average molecular weight is 410 g/mol. The fraction of sp³-hybridized carbons (Fsp3) is 0.522. The number of hydrogen-bond acceptors (Lipinski definition) is 6. The Morgan fingerprint density at radius 2 is 2.00 bits per heavy atom. The van der Waals surface area contributed by atoms with Gasteiger partial charge in [0.25, 0.3) is 0 Å². The molecule has 2 unspecified atom stereocenters. The summed E-state index contributed by atoms with van der Waals surface area (Å²) in [7, 11) is 1.81. The number of likely N-dealkylation sites (N-methyl/N-ethyl adjacent to an activating group) is 1. The number of nitrogen functional groups attached to an aromatic ring is 1. The highest BCUT2D eigenvalue weighted by molar-refractivity contribution is 5.76. The Labute approximate surface area is 178 Å². The quantitative estimate of drug-likeness (QED) is 0.811. The van der Waals surface area contributed by atoms with Crippen molar-refractivity contribution >= 4 is 17.9 Å². The Morgan fingerprint density at radius 1 is 1.27 bits per heavy atom. The van der Waals surface area contributed by atoms with E-state index in [9.17, 15) is 4.79 Å². The van der Waals surface area contributed by atoms with Crippen molar-refractivity contribution < 1.29 is 9.53 Å². The molecular formula is C23H31N5O2. The van der Waals surface area contributed by atoms with Crippen molar-refractivity contribution in [3.05, 3.63) is 35.4 Å². The van der Waals surface area contributed by atoms with Gasteiger partial charge in [0, 0.05) is 31.3 Å². The number of hydrogen-bond donors (Lipinski definition) is 1. The maximum absolute atomic E-state index is 12.5. The molecule has 1 fully saturated rings. The molecule has 0 radical (unpaired) electrons. The smallest absolute Gasteiger partial charge is 0.410 e. The minimum atomic E-state index is -0.507. The van der Waals surface area contributed by atoms with Crippen LogP contribution in [0.25, 0.3) is 11.3 Å². The maximum atomic E-state index is 12.5. The number of amides is 1. The third kappa shape index (κ3) is 3.80. The van der Waals surface area contributed by atoms with E-state index in [-0.39, 0.29) is 18.1 Å². The number of rotatable bonds is 2. The first-order valence-corrected chi connectivity index (χ1v) is 10.6. The number of carbonyl (C=O) groups is 1. The Balaban J connectivity index is 1.61. The van der Waals surface area contributed by atoms with Crippen LogP contribution >= 0.6 is 0 Å². The first-order valence-electron chi connectivity index (χ1n) is 10.6. The van der Waals surface area contributed by atoms with Crippen molar-refractivity contribution in [2.24, 2.45) is 0 Å². The predicted octanol–water partition coefficient (Wildman–Crippen LogP) is 3.83. The van der Waals surface area contributed by atoms with Gasteiger partial charge in [0.1, 0.15) is 11.4 Å². The second-order valence-electron chi connectivity index (χ2n) is 9.40. The second kappa shape index (κ2) is 7.45. The lowest BCUT2D eigenvalue weighted by molar-refractivity contribution is 0.0238. The summed E-state index contributed by atoms with van der Waals surface area (Å²) >= 11 is 0. The highest BCUT2D eigenvalue weighted by Crippen LogP contribution is 2.42. The molecule has 1 aliphatic carbocycles. The van der Waals surface area contributed by atoms with Crippen LogP contribution in [0.15, 0.2) is 24.3 Å². The number of fused-ring (bicyclic) bond motifs is 3. The molecule has 7 heteroatoms. The van der Waals surface area contributed by atoms with Gasteiger partial charge in [-0.15, -0.1) is 0 Å². The van der Waals surface area contributed by atoms with Crippen LogP contribution in [0.2, 0.25) is 0 Å². The third-order valence-electron chi connectivity index (χ3n) is 5.95. The molecule has 1 aromatic heterocycles. The number of ether oxygens (including phenoxy) is 1. The van der Waals surface area contributed by atoms with Crippen LogP contribution in [0.5, 0.6) is 0 Å². The standard InChI is InChI=1S/C23H31N5O2/c1-14-12-18-19(17-9-7-6-8-16(14)17)25-21(24)26-20(18)28-11-10-15(13-28)27(5)22(29)30-23(2,3)4/h6-9,14-15H,10-13H2,1-5H3,(H2,24,25,26). The summed E-state index contributed by atoms with van der Waals surface area (Å²) < 4.78 is 5.54. The predicted molar refractivity (Wildman–Crippen MR) is 119 cm³/mol. The van der Waals surface area contributed by atoms with Crippen LogP contribution in [-0.4, -0.2) is 52.7 Å². The van der Waals surface area contributed by atoms with Crippen LogP contribution in [0.3, 0.4) is 0 Å².